The lowest BCUT2D eigenvalue weighted by atomic mass is 9.75. The third-order valence-corrected chi connectivity index (χ3v) is 8.28. The van der Waals surface area contributed by atoms with Gasteiger partial charge in [0, 0.05) is 28.9 Å². The highest BCUT2D eigenvalue weighted by Crippen LogP contribution is 2.47. The van der Waals surface area contributed by atoms with E-state index in [-0.39, 0.29) is 34.6 Å². The Bertz CT molecular complexity index is 1300. The SMILES string of the molecule is O=C(NC1=N[C@@]2(c3cc(Br)c(F)cc3F)CO[C@@H](COCc3ccccc3)C[C@H]2CS1)c1ccccc1. The molecule has 0 unspecified atom stereocenters. The van der Waals surface area contributed by atoms with Crippen LogP contribution in [0.3, 0.4) is 0 Å². The van der Waals surface area contributed by atoms with Crippen LogP contribution in [-0.4, -0.2) is 36.1 Å². The van der Waals surface area contributed by atoms with E-state index in [4.69, 9.17) is 14.5 Å². The van der Waals surface area contributed by atoms with Crippen molar-refractivity contribution >= 4 is 38.8 Å². The molecule has 0 aliphatic carbocycles. The minimum atomic E-state index is -1.11. The lowest BCUT2D eigenvalue weighted by Crippen LogP contribution is -2.52. The molecule has 3 atom stereocenters. The summed E-state index contributed by atoms with van der Waals surface area (Å²) in [7, 11) is 0. The summed E-state index contributed by atoms with van der Waals surface area (Å²) in [6.45, 7) is 0.943. The van der Waals surface area contributed by atoms with Crippen LogP contribution in [0.4, 0.5) is 8.78 Å². The molecule has 0 radical (unpaired) electrons. The molecule has 2 aliphatic rings. The number of amidine groups is 1. The molecule has 0 spiro atoms. The predicted molar refractivity (Wildman–Crippen MR) is 143 cm³/mol. The molecule has 3 aromatic rings. The second-order valence-corrected chi connectivity index (χ2v) is 10.9. The summed E-state index contributed by atoms with van der Waals surface area (Å²) in [6.07, 6.45) is 0.393. The Morgan fingerprint density at radius 1 is 1.11 bits per heavy atom. The fourth-order valence-electron chi connectivity index (χ4n) is 4.70. The molecule has 2 aliphatic heterocycles. The summed E-state index contributed by atoms with van der Waals surface area (Å²) in [4.78, 5) is 17.6. The smallest absolute Gasteiger partial charge is 0.257 e. The zero-order chi connectivity index (χ0) is 25.8. The van der Waals surface area contributed by atoms with Gasteiger partial charge in [0.05, 0.1) is 30.4 Å². The van der Waals surface area contributed by atoms with E-state index in [1.54, 1.807) is 24.3 Å². The molecule has 5 nitrogen and oxygen atoms in total. The number of halogens is 3. The monoisotopic (exact) mass is 586 g/mol. The van der Waals surface area contributed by atoms with Gasteiger partial charge in [0.25, 0.3) is 5.91 Å². The lowest BCUT2D eigenvalue weighted by Gasteiger charge is -2.46. The minimum Gasteiger partial charge on any atom is -0.374 e. The molecule has 0 aromatic heterocycles. The number of fused-ring (bicyclic) bond motifs is 1. The summed E-state index contributed by atoms with van der Waals surface area (Å²) in [5.41, 5.74) is 0.692. The van der Waals surface area contributed by atoms with E-state index in [1.807, 2.05) is 36.4 Å². The number of nitrogens with zero attached hydrogens (tertiary/aromatic N) is 1. The summed E-state index contributed by atoms with van der Waals surface area (Å²) < 4.78 is 41.5. The van der Waals surface area contributed by atoms with Gasteiger partial charge >= 0.3 is 0 Å². The van der Waals surface area contributed by atoms with Crippen molar-refractivity contribution in [1.82, 2.24) is 5.32 Å². The van der Waals surface area contributed by atoms with Crippen LogP contribution in [0.5, 0.6) is 0 Å². The minimum absolute atomic E-state index is 0.0806. The van der Waals surface area contributed by atoms with Gasteiger partial charge in [0.1, 0.15) is 17.2 Å². The molecular weight excluding hydrogens is 562 g/mol. The molecule has 1 fully saturated rings. The first kappa shape index (κ1) is 26.0. The highest BCUT2D eigenvalue weighted by Gasteiger charge is 2.50. The molecule has 1 N–H and O–H groups in total. The van der Waals surface area contributed by atoms with Crippen molar-refractivity contribution in [3.8, 4) is 0 Å². The average Bonchev–Trinajstić information content (AvgIpc) is 2.92. The highest BCUT2D eigenvalue weighted by molar-refractivity contribution is 9.10. The van der Waals surface area contributed by atoms with Crippen molar-refractivity contribution in [3.05, 3.63) is 106 Å². The van der Waals surface area contributed by atoms with Gasteiger partial charge in [-0.25, -0.2) is 13.8 Å². The zero-order valence-corrected chi connectivity index (χ0v) is 22.2. The summed E-state index contributed by atoms with van der Waals surface area (Å²) in [5, 5.41) is 3.24. The van der Waals surface area contributed by atoms with Gasteiger partial charge in [-0.1, -0.05) is 60.3 Å². The molecule has 1 saturated heterocycles. The first-order valence-electron chi connectivity index (χ1n) is 11.9. The number of carbonyl (C=O) groups excluding carboxylic acids is 1. The molecular formula is C28H25BrF2N2O3S. The van der Waals surface area contributed by atoms with Crippen molar-refractivity contribution in [2.45, 2.75) is 24.7 Å². The van der Waals surface area contributed by atoms with Crippen molar-refractivity contribution < 1.29 is 23.0 Å². The van der Waals surface area contributed by atoms with E-state index < -0.39 is 17.2 Å². The van der Waals surface area contributed by atoms with Gasteiger partial charge < -0.3 is 14.8 Å². The molecule has 37 heavy (non-hydrogen) atoms. The summed E-state index contributed by atoms with van der Waals surface area (Å²) in [6, 6.07) is 21.0. The second kappa shape index (κ2) is 11.4. The number of rotatable bonds is 6. The van der Waals surface area contributed by atoms with Crippen LogP contribution in [-0.2, 0) is 21.6 Å². The standard InChI is InChI=1S/C28H25BrF2N2O3S/c29-23-12-22(24(30)13-25(23)31)28-17-36-21(15-35-14-18-7-3-1-4-8-18)11-20(28)16-37-27(33-28)32-26(34)19-9-5-2-6-10-19/h1-10,12-13,20-21H,11,14-17H2,(H,32,33,34)/t20-,21+,28-/m0/s1. The Kier molecular flexibility index (Phi) is 8.04. The first-order chi connectivity index (χ1) is 17.9. The summed E-state index contributed by atoms with van der Waals surface area (Å²) >= 11 is 4.60. The number of aliphatic imine (C=N–C) groups is 1. The molecule has 3 aromatic carbocycles. The van der Waals surface area contributed by atoms with E-state index in [2.05, 4.69) is 21.2 Å². The van der Waals surface area contributed by atoms with Gasteiger partial charge in [-0.3, -0.25) is 4.79 Å². The highest BCUT2D eigenvalue weighted by atomic mass is 79.9. The maximum Gasteiger partial charge on any atom is 0.257 e. The van der Waals surface area contributed by atoms with Crippen molar-refractivity contribution in [3.63, 3.8) is 0 Å². The molecule has 0 saturated carbocycles. The molecule has 2 heterocycles. The summed E-state index contributed by atoms with van der Waals surface area (Å²) in [5.74, 6) is -1.21. The van der Waals surface area contributed by atoms with E-state index in [0.29, 0.717) is 36.1 Å². The molecule has 192 valence electrons. The third kappa shape index (κ3) is 5.80. The largest absolute Gasteiger partial charge is 0.374 e. The van der Waals surface area contributed by atoms with E-state index >= 15 is 4.39 Å². The number of hydrogen-bond acceptors (Lipinski definition) is 5. The van der Waals surface area contributed by atoms with Crippen LogP contribution in [0.15, 0.2) is 82.3 Å². The Hall–Kier alpha value is -2.59. The van der Waals surface area contributed by atoms with Gasteiger partial charge in [-0.2, -0.15) is 0 Å². The van der Waals surface area contributed by atoms with Gasteiger partial charge in [-0.05, 0) is 46.1 Å². The number of benzene rings is 3. The van der Waals surface area contributed by atoms with Gasteiger partial charge in [0.2, 0.25) is 0 Å². The number of hydrogen-bond donors (Lipinski definition) is 1. The molecule has 1 amide bonds. The van der Waals surface area contributed by atoms with Crippen molar-refractivity contribution in [1.29, 1.82) is 0 Å². The number of carbonyl (C=O) groups is 1. The Morgan fingerprint density at radius 2 is 1.84 bits per heavy atom. The van der Waals surface area contributed by atoms with Gasteiger partial charge in [0.15, 0.2) is 5.17 Å². The fourth-order valence-corrected chi connectivity index (χ4v) is 6.21. The van der Waals surface area contributed by atoms with Crippen molar-refractivity contribution in [2.24, 2.45) is 10.9 Å². The lowest BCUT2D eigenvalue weighted by molar-refractivity contribution is -0.0927. The van der Waals surface area contributed by atoms with Crippen LogP contribution < -0.4 is 5.32 Å². The fraction of sp³-hybridized carbons (Fsp3) is 0.286. The third-order valence-electron chi connectivity index (χ3n) is 6.63. The Balaban J connectivity index is 1.38. The van der Waals surface area contributed by atoms with E-state index in [1.165, 1.54) is 17.8 Å². The van der Waals surface area contributed by atoms with Crippen molar-refractivity contribution in [2.75, 3.05) is 19.0 Å². The molecule has 5 rings (SSSR count). The van der Waals surface area contributed by atoms with Crippen LogP contribution in [0.2, 0.25) is 0 Å². The number of nitrogens with one attached hydrogen (secondary N) is 1. The van der Waals surface area contributed by atoms with Crippen LogP contribution in [0, 0.1) is 17.6 Å². The van der Waals surface area contributed by atoms with Crippen LogP contribution >= 0.6 is 27.7 Å². The number of thioether (sulfide) groups is 1. The second-order valence-electron chi connectivity index (χ2n) is 9.08. The predicted octanol–water partition coefficient (Wildman–Crippen LogP) is 6.08. The number of amides is 1. The number of ether oxygens (including phenoxy) is 2. The normalized spacial score (nSPS) is 23.2. The topological polar surface area (TPSA) is 59.9 Å². The van der Waals surface area contributed by atoms with Gasteiger partial charge in [-0.15, -0.1) is 0 Å². The zero-order valence-electron chi connectivity index (χ0n) is 19.8. The average molecular weight is 587 g/mol. The van der Waals surface area contributed by atoms with E-state index in [0.717, 1.165) is 11.6 Å². The van der Waals surface area contributed by atoms with E-state index in [9.17, 15) is 9.18 Å². The quantitative estimate of drug-likeness (QED) is 0.356. The Labute approximate surface area is 226 Å². The molecule has 9 heteroatoms. The first-order valence-corrected chi connectivity index (χ1v) is 13.7. The molecule has 0 bridgehead atoms. The Morgan fingerprint density at radius 3 is 2.59 bits per heavy atom. The van der Waals surface area contributed by atoms with Crippen LogP contribution in [0.1, 0.15) is 27.9 Å². The van der Waals surface area contributed by atoms with Crippen LogP contribution in [0.25, 0.3) is 0 Å². The maximum absolute atomic E-state index is 15.2. The maximum atomic E-state index is 15.2.